The molecule has 0 bridgehead atoms. The van der Waals surface area contributed by atoms with E-state index in [4.69, 9.17) is 4.78 Å². The van der Waals surface area contributed by atoms with E-state index in [1.807, 2.05) is 32.3 Å². The minimum Gasteiger partial charge on any atom is -0.305 e. The number of rotatable bonds is 2. The van der Waals surface area contributed by atoms with Gasteiger partial charge in [-0.25, -0.2) is 13.7 Å². The molecule has 0 aliphatic carbocycles. The highest BCUT2D eigenvalue weighted by atomic mass is 32.2. The lowest BCUT2D eigenvalue weighted by molar-refractivity contribution is 0.402. The molecule has 82 valence electrons. The monoisotopic (exact) mass is 225 g/mol. The van der Waals surface area contributed by atoms with Gasteiger partial charge in [0.25, 0.3) is 0 Å². The van der Waals surface area contributed by atoms with E-state index in [9.17, 15) is 4.21 Å². The molecule has 1 unspecified atom stereocenters. The molecule has 5 heteroatoms. The molecule has 2 N–H and O–H groups in total. The maximum absolute atomic E-state index is 11.8. The highest BCUT2D eigenvalue weighted by molar-refractivity contribution is 7.90. The first-order valence-corrected chi connectivity index (χ1v) is 6.35. The quantitative estimate of drug-likeness (QED) is 0.794. The van der Waals surface area contributed by atoms with Crippen LogP contribution in [0.25, 0.3) is 0 Å². The molecule has 0 fully saturated rings. The van der Waals surface area contributed by atoms with Crippen LogP contribution in [0.4, 0.5) is 0 Å². The predicted molar refractivity (Wildman–Crippen MR) is 59.8 cm³/mol. The van der Waals surface area contributed by atoms with E-state index in [-0.39, 0.29) is 0 Å². The first-order valence-electron chi connectivity index (χ1n) is 4.79. The number of benzene rings is 1. The Morgan fingerprint density at radius 3 is 2.93 bits per heavy atom. The van der Waals surface area contributed by atoms with Gasteiger partial charge in [-0.1, -0.05) is 12.1 Å². The molecule has 1 aromatic carbocycles. The van der Waals surface area contributed by atoms with Gasteiger partial charge in [0, 0.05) is 13.1 Å². The van der Waals surface area contributed by atoms with Crippen molar-refractivity contribution in [3.8, 4) is 0 Å². The Balaban J connectivity index is 2.42. The smallest absolute Gasteiger partial charge is 0.135 e. The molecule has 0 spiro atoms. The Morgan fingerprint density at radius 2 is 2.27 bits per heavy atom. The summed E-state index contributed by atoms with van der Waals surface area (Å²) < 4.78 is 22.2. The summed E-state index contributed by atoms with van der Waals surface area (Å²) in [5.41, 5.74) is 2.08. The molecule has 2 rings (SSSR count). The normalized spacial score (nSPS) is 24.5. The summed E-state index contributed by atoms with van der Waals surface area (Å²) in [6.45, 7) is 1.35. The van der Waals surface area contributed by atoms with Gasteiger partial charge in [-0.15, -0.1) is 0 Å². The first kappa shape index (κ1) is 10.6. The predicted octanol–water partition coefficient (Wildman–Crippen LogP) is 1.17. The fourth-order valence-electron chi connectivity index (χ4n) is 1.73. The van der Waals surface area contributed by atoms with Gasteiger partial charge in [-0.2, -0.15) is 0 Å². The van der Waals surface area contributed by atoms with Crippen LogP contribution < -0.4 is 4.72 Å². The fraction of sp³-hybridized carbons (Fsp3) is 0.400. The van der Waals surface area contributed by atoms with Crippen molar-refractivity contribution in [1.82, 2.24) is 9.62 Å². The highest BCUT2D eigenvalue weighted by Crippen LogP contribution is 2.24. The Kier molecular flexibility index (Phi) is 2.54. The first-order chi connectivity index (χ1) is 6.99. The van der Waals surface area contributed by atoms with Crippen molar-refractivity contribution in [3.63, 3.8) is 0 Å². The van der Waals surface area contributed by atoms with Crippen LogP contribution in [0.2, 0.25) is 0 Å². The second-order valence-corrected chi connectivity index (χ2v) is 5.90. The lowest BCUT2D eigenvalue weighted by Crippen LogP contribution is -2.13. The van der Waals surface area contributed by atoms with Crippen molar-refractivity contribution in [3.05, 3.63) is 29.3 Å². The van der Waals surface area contributed by atoms with Gasteiger partial charge in [-0.3, -0.25) is 0 Å². The third kappa shape index (κ3) is 2.04. The van der Waals surface area contributed by atoms with Crippen LogP contribution in [0.15, 0.2) is 23.1 Å². The molecule has 1 aliphatic rings. The van der Waals surface area contributed by atoms with Crippen LogP contribution in [0, 0.1) is 4.78 Å². The van der Waals surface area contributed by atoms with Gasteiger partial charge < -0.3 is 4.90 Å². The van der Waals surface area contributed by atoms with Crippen molar-refractivity contribution >= 4 is 9.92 Å². The lowest BCUT2D eigenvalue weighted by Gasteiger charge is -2.10. The fourth-order valence-corrected chi connectivity index (χ4v) is 3.07. The van der Waals surface area contributed by atoms with E-state index in [1.165, 1.54) is 0 Å². The molecule has 1 heterocycles. The molecule has 15 heavy (non-hydrogen) atoms. The molecular formula is C10H15N3OS. The summed E-state index contributed by atoms with van der Waals surface area (Å²) in [6, 6.07) is 5.87. The molecule has 0 saturated carbocycles. The van der Waals surface area contributed by atoms with E-state index in [0.29, 0.717) is 11.4 Å². The standard InChI is InChI=1S/C10H15N3OS/c1-13(2)7-8-3-4-9-6-12-15(11,14)10(9)5-8/h3-5H,6-7H2,1-2H3,(H2,11,12,14). The minimum absolute atomic E-state index is 0.542. The SMILES string of the molecule is CN(C)Cc1ccc2c(c1)S(=N)(=O)NC2. The van der Waals surface area contributed by atoms with Crippen molar-refractivity contribution < 1.29 is 4.21 Å². The van der Waals surface area contributed by atoms with Crippen LogP contribution >= 0.6 is 0 Å². The summed E-state index contributed by atoms with van der Waals surface area (Å²) in [4.78, 5) is 2.71. The Hall–Kier alpha value is -0.910. The summed E-state index contributed by atoms with van der Waals surface area (Å²) in [6.07, 6.45) is 0. The van der Waals surface area contributed by atoms with E-state index in [1.54, 1.807) is 0 Å². The van der Waals surface area contributed by atoms with Gasteiger partial charge >= 0.3 is 0 Å². The Morgan fingerprint density at radius 1 is 1.53 bits per heavy atom. The maximum Gasteiger partial charge on any atom is 0.135 e. The molecule has 0 amide bonds. The summed E-state index contributed by atoms with van der Waals surface area (Å²) in [5, 5.41) is 0. The molecular weight excluding hydrogens is 210 g/mol. The van der Waals surface area contributed by atoms with E-state index in [2.05, 4.69) is 9.62 Å². The molecule has 1 atom stereocenters. The molecule has 0 radical (unpaired) electrons. The van der Waals surface area contributed by atoms with Crippen LogP contribution in [-0.4, -0.2) is 23.2 Å². The number of fused-ring (bicyclic) bond motifs is 1. The van der Waals surface area contributed by atoms with Crippen molar-refractivity contribution in [2.45, 2.75) is 18.0 Å². The number of hydrogen-bond donors (Lipinski definition) is 2. The van der Waals surface area contributed by atoms with Crippen molar-refractivity contribution in [2.24, 2.45) is 0 Å². The average Bonchev–Trinajstić information content (AvgIpc) is 2.42. The topological polar surface area (TPSA) is 56.2 Å². The maximum atomic E-state index is 11.8. The minimum atomic E-state index is -2.73. The van der Waals surface area contributed by atoms with Gasteiger partial charge in [-0.05, 0) is 31.3 Å². The summed E-state index contributed by atoms with van der Waals surface area (Å²) in [5.74, 6) is 0. The number of nitrogens with zero attached hydrogens (tertiary/aromatic N) is 1. The third-order valence-electron chi connectivity index (χ3n) is 2.41. The largest absolute Gasteiger partial charge is 0.305 e. The zero-order valence-electron chi connectivity index (χ0n) is 8.91. The Labute approximate surface area is 90.4 Å². The van der Waals surface area contributed by atoms with Gasteiger partial charge in [0.1, 0.15) is 9.92 Å². The zero-order valence-corrected chi connectivity index (χ0v) is 9.73. The van der Waals surface area contributed by atoms with Crippen molar-refractivity contribution in [1.29, 1.82) is 4.78 Å². The number of hydrogen-bond acceptors (Lipinski definition) is 3. The molecule has 4 nitrogen and oxygen atoms in total. The zero-order chi connectivity index (χ0) is 11.1. The van der Waals surface area contributed by atoms with Gasteiger partial charge in [0.05, 0.1) is 4.90 Å². The van der Waals surface area contributed by atoms with Crippen molar-refractivity contribution in [2.75, 3.05) is 14.1 Å². The average molecular weight is 225 g/mol. The van der Waals surface area contributed by atoms with E-state index >= 15 is 0 Å². The van der Waals surface area contributed by atoms with E-state index < -0.39 is 9.92 Å². The van der Waals surface area contributed by atoms with Crippen LogP contribution in [-0.2, 0) is 23.0 Å². The molecule has 1 aromatic rings. The molecule has 0 saturated heterocycles. The van der Waals surface area contributed by atoms with Crippen LogP contribution in [0.3, 0.4) is 0 Å². The third-order valence-corrected chi connectivity index (χ3v) is 3.96. The summed E-state index contributed by atoms with van der Waals surface area (Å²) in [7, 11) is 1.25. The molecule has 0 aromatic heterocycles. The highest BCUT2D eigenvalue weighted by Gasteiger charge is 2.22. The second-order valence-electron chi connectivity index (χ2n) is 4.06. The Bertz CT molecular complexity index is 479. The second kappa shape index (κ2) is 3.59. The summed E-state index contributed by atoms with van der Waals surface area (Å²) >= 11 is 0. The number of nitrogens with one attached hydrogen (secondary N) is 2. The molecule has 1 aliphatic heterocycles. The van der Waals surface area contributed by atoms with Gasteiger partial charge in [0.2, 0.25) is 0 Å². The van der Waals surface area contributed by atoms with Gasteiger partial charge in [0.15, 0.2) is 0 Å². The lowest BCUT2D eigenvalue weighted by atomic mass is 10.1. The van der Waals surface area contributed by atoms with Crippen LogP contribution in [0.5, 0.6) is 0 Å². The van der Waals surface area contributed by atoms with E-state index in [0.717, 1.165) is 17.7 Å². The van der Waals surface area contributed by atoms with Crippen LogP contribution in [0.1, 0.15) is 11.1 Å².